The molecule has 0 saturated heterocycles. The highest BCUT2D eigenvalue weighted by Gasteiger charge is 2.29. The number of nitrogens with zero attached hydrogens (tertiary/aromatic N) is 3. The summed E-state index contributed by atoms with van der Waals surface area (Å²) in [7, 11) is 0. The molecule has 0 fully saturated rings. The molecule has 1 atom stereocenters. The quantitative estimate of drug-likeness (QED) is 0.700. The molecular weight excluding hydrogens is 212 g/mol. The highest BCUT2D eigenvalue weighted by Crippen LogP contribution is 2.28. The van der Waals surface area contributed by atoms with Gasteiger partial charge in [0.1, 0.15) is 11.3 Å². The predicted octanol–water partition coefficient (Wildman–Crippen LogP) is 1.06. The molecule has 0 unspecified atom stereocenters. The summed E-state index contributed by atoms with van der Waals surface area (Å²) in [6, 6.07) is 0. The normalized spacial score (nSPS) is 22.7. The molecule has 2 heterocycles. The number of aliphatic imine (C=N–C) groups is 1. The summed E-state index contributed by atoms with van der Waals surface area (Å²) in [5.74, 6) is 0.712. The molecule has 2 N–H and O–H groups in total. The SMILES string of the molecule is CC1=NC2=CN([C@H](C)O)NN2C([S])=C1C. The fraction of sp³-hybridized carbons (Fsp3) is 0.444. The van der Waals surface area contributed by atoms with Gasteiger partial charge >= 0.3 is 0 Å². The number of rotatable bonds is 1. The van der Waals surface area contributed by atoms with Gasteiger partial charge in [0.05, 0.1) is 6.20 Å². The van der Waals surface area contributed by atoms with Crippen LogP contribution in [0.1, 0.15) is 20.8 Å². The van der Waals surface area contributed by atoms with Crippen LogP contribution in [0.25, 0.3) is 0 Å². The third kappa shape index (κ3) is 1.60. The zero-order valence-electron chi connectivity index (χ0n) is 8.85. The van der Waals surface area contributed by atoms with Crippen molar-refractivity contribution in [1.82, 2.24) is 15.6 Å². The average Bonchev–Trinajstić information content (AvgIpc) is 2.58. The largest absolute Gasteiger partial charge is 0.372 e. The Kier molecular flexibility index (Phi) is 2.41. The molecule has 15 heavy (non-hydrogen) atoms. The zero-order chi connectivity index (χ0) is 11.2. The standard InChI is InChI=1S/C9H13N4OS/c1-5-6(2)10-8-4-12(7(3)14)11-13(8)9(5)15/h4,7,11,14H,1-3H3/t7-/m0/s1. The molecule has 0 spiro atoms. The molecule has 0 aliphatic carbocycles. The number of hydrogen-bond donors (Lipinski definition) is 2. The first-order valence-electron chi connectivity index (χ1n) is 4.69. The first-order chi connectivity index (χ1) is 7.00. The van der Waals surface area contributed by atoms with Crippen LogP contribution >= 0.6 is 12.6 Å². The van der Waals surface area contributed by atoms with E-state index in [0.29, 0.717) is 10.9 Å². The molecule has 0 amide bonds. The minimum absolute atomic E-state index is 0.623. The Labute approximate surface area is 94.1 Å². The zero-order valence-corrected chi connectivity index (χ0v) is 9.67. The number of hydrazine groups is 2. The van der Waals surface area contributed by atoms with Crippen LogP contribution in [0.3, 0.4) is 0 Å². The minimum Gasteiger partial charge on any atom is -0.372 e. The maximum atomic E-state index is 9.41. The van der Waals surface area contributed by atoms with Crippen LogP contribution in [-0.4, -0.2) is 27.1 Å². The topological polar surface area (TPSA) is 51.1 Å². The van der Waals surface area contributed by atoms with Gasteiger partial charge in [-0.3, -0.25) is 5.01 Å². The predicted molar refractivity (Wildman–Crippen MR) is 60.0 cm³/mol. The van der Waals surface area contributed by atoms with E-state index in [2.05, 4.69) is 10.5 Å². The van der Waals surface area contributed by atoms with Crippen molar-refractivity contribution in [2.24, 2.45) is 4.99 Å². The Morgan fingerprint density at radius 2 is 2.20 bits per heavy atom. The second-order valence-corrected chi connectivity index (χ2v) is 3.98. The van der Waals surface area contributed by atoms with E-state index in [1.807, 2.05) is 13.8 Å². The van der Waals surface area contributed by atoms with Crippen molar-refractivity contribution >= 4 is 18.3 Å². The molecule has 2 aliphatic heterocycles. The lowest BCUT2D eigenvalue weighted by Gasteiger charge is -2.27. The van der Waals surface area contributed by atoms with Gasteiger partial charge in [-0.05, 0) is 20.8 Å². The van der Waals surface area contributed by atoms with Crippen molar-refractivity contribution in [3.05, 3.63) is 22.6 Å². The van der Waals surface area contributed by atoms with Crippen LogP contribution in [0.5, 0.6) is 0 Å². The summed E-state index contributed by atoms with van der Waals surface area (Å²) >= 11 is 5.28. The Bertz CT molecular complexity index is 386. The van der Waals surface area contributed by atoms with E-state index < -0.39 is 6.23 Å². The summed E-state index contributed by atoms with van der Waals surface area (Å²) in [6.07, 6.45) is 1.11. The van der Waals surface area contributed by atoms with Crippen LogP contribution in [0, 0.1) is 0 Å². The molecule has 0 aromatic rings. The van der Waals surface area contributed by atoms with Gasteiger partial charge in [0.15, 0.2) is 5.82 Å². The van der Waals surface area contributed by atoms with Gasteiger partial charge in [-0.1, -0.05) is 12.6 Å². The van der Waals surface area contributed by atoms with Gasteiger partial charge in [-0.25, -0.2) is 10.0 Å². The number of nitrogens with one attached hydrogen (secondary N) is 1. The van der Waals surface area contributed by atoms with Crippen molar-refractivity contribution in [2.45, 2.75) is 27.0 Å². The van der Waals surface area contributed by atoms with Gasteiger partial charge in [0.25, 0.3) is 0 Å². The average molecular weight is 225 g/mol. The monoisotopic (exact) mass is 225 g/mol. The van der Waals surface area contributed by atoms with Gasteiger partial charge < -0.3 is 5.11 Å². The fourth-order valence-corrected chi connectivity index (χ4v) is 1.66. The van der Waals surface area contributed by atoms with Gasteiger partial charge in [0.2, 0.25) is 0 Å². The van der Waals surface area contributed by atoms with Crippen LogP contribution in [-0.2, 0) is 0 Å². The molecular formula is C9H13N4OS. The molecule has 6 heteroatoms. The molecule has 0 aromatic carbocycles. The van der Waals surface area contributed by atoms with E-state index in [1.54, 1.807) is 23.1 Å². The van der Waals surface area contributed by atoms with Crippen LogP contribution in [0.15, 0.2) is 27.6 Å². The van der Waals surface area contributed by atoms with Crippen molar-refractivity contribution in [1.29, 1.82) is 0 Å². The molecule has 0 saturated carbocycles. The number of allylic oxidation sites excluding steroid dienone is 1. The third-order valence-corrected chi connectivity index (χ3v) is 2.94. The second kappa shape index (κ2) is 3.48. The van der Waals surface area contributed by atoms with Gasteiger partial charge in [-0.2, -0.15) is 0 Å². The molecule has 0 bridgehead atoms. The maximum Gasteiger partial charge on any atom is 0.167 e. The van der Waals surface area contributed by atoms with Gasteiger partial charge in [-0.15, -0.1) is 5.53 Å². The first kappa shape index (κ1) is 10.4. The fourth-order valence-electron chi connectivity index (χ4n) is 1.38. The Morgan fingerprint density at radius 3 is 2.80 bits per heavy atom. The lowest BCUT2D eigenvalue weighted by molar-refractivity contribution is -0.00554. The van der Waals surface area contributed by atoms with Crippen molar-refractivity contribution in [2.75, 3.05) is 0 Å². The molecule has 1 radical (unpaired) electrons. The molecule has 2 rings (SSSR count). The number of aliphatic hydroxyl groups is 1. The Morgan fingerprint density at radius 1 is 1.53 bits per heavy atom. The summed E-state index contributed by atoms with van der Waals surface area (Å²) in [5, 5.41) is 13.3. The van der Waals surface area contributed by atoms with Crippen LogP contribution < -0.4 is 5.53 Å². The van der Waals surface area contributed by atoms with Gasteiger partial charge in [0, 0.05) is 11.3 Å². The lowest BCUT2D eigenvalue weighted by Crippen LogP contribution is -2.44. The van der Waals surface area contributed by atoms with Crippen molar-refractivity contribution in [3.63, 3.8) is 0 Å². The third-order valence-electron chi connectivity index (χ3n) is 2.45. The van der Waals surface area contributed by atoms with E-state index in [1.165, 1.54) is 0 Å². The highest BCUT2D eigenvalue weighted by atomic mass is 32.1. The van der Waals surface area contributed by atoms with E-state index in [0.717, 1.165) is 11.3 Å². The van der Waals surface area contributed by atoms with E-state index in [9.17, 15) is 5.11 Å². The first-order valence-corrected chi connectivity index (χ1v) is 5.09. The van der Waals surface area contributed by atoms with E-state index in [-0.39, 0.29) is 0 Å². The minimum atomic E-state index is -0.623. The molecule has 81 valence electrons. The number of aliphatic hydroxyl groups excluding tert-OH is 1. The highest BCUT2D eigenvalue weighted by molar-refractivity contribution is 7.84. The summed E-state index contributed by atoms with van der Waals surface area (Å²) < 4.78 is 0. The lowest BCUT2D eigenvalue weighted by atomic mass is 10.2. The number of hydrogen-bond acceptors (Lipinski definition) is 5. The second-order valence-electron chi connectivity index (χ2n) is 3.59. The Balaban J connectivity index is 2.34. The number of fused-ring (bicyclic) bond motifs is 1. The van der Waals surface area contributed by atoms with Crippen molar-refractivity contribution in [3.8, 4) is 0 Å². The summed E-state index contributed by atoms with van der Waals surface area (Å²) in [6.45, 7) is 5.52. The van der Waals surface area contributed by atoms with E-state index >= 15 is 0 Å². The van der Waals surface area contributed by atoms with Crippen LogP contribution in [0.2, 0.25) is 0 Å². The molecule has 0 aromatic heterocycles. The molecule has 2 aliphatic rings. The maximum absolute atomic E-state index is 9.41. The van der Waals surface area contributed by atoms with Crippen molar-refractivity contribution < 1.29 is 5.11 Å². The smallest absolute Gasteiger partial charge is 0.167 e. The van der Waals surface area contributed by atoms with E-state index in [4.69, 9.17) is 12.6 Å². The Hall–Kier alpha value is -1.11. The summed E-state index contributed by atoms with van der Waals surface area (Å²) in [5.41, 5.74) is 4.84. The van der Waals surface area contributed by atoms with Crippen LogP contribution in [0.4, 0.5) is 0 Å². The summed E-state index contributed by atoms with van der Waals surface area (Å²) in [4.78, 5) is 4.37. The molecule has 5 nitrogen and oxygen atoms in total.